The number of fused-ring (bicyclic) bond motifs is 1. The summed E-state index contributed by atoms with van der Waals surface area (Å²) in [5.41, 5.74) is 7.09. The van der Waals surface area contributed by atoms with Gasteiger partial charge in [0, 0.05) is 17.0 Å². The standard InChI is InChI=1S/C15H17NO/c1-10(16)15(6-7-15)13-8-11-4-2-3-5-12(11)9-14(13)17/h2-5,8-10,17H,6-7,16H2,1H3. The second-order valence-electron chi connectivity index (χ2n) is 5.16. The zero-order chi connectivity index (χ0) is 12.0. The van der Waals surface area contributed by atoms with E-state index in [1.54, 1.807) is 0 Å². The summed E-state index contributed by atoms with van der Waals surface area (Å²) in [5.74, 6) is 0.388. The molecule has 2 heteroatoms. The lowest BCUT2D eigenvalue weighted by atomic mass is 9.87. The molecule has 1 aliphatic rings. The van der Waals surface area contributed by atoms with Gasteiger partial charge in [0.1, 0.15) is 5.75 Å². The van der Waals surface area contributed by atoms with Crippen LogP contribution in [0.5, 0.6) is 5.75 Å². The predicted octanol–water partition coefficient (Wildman–Crippen LogP) is 2.92. The highest BCUT2D eigenvalue weighted by Crippen LogP contribution is 2.53. The van der Waals surface area contributed by atoms with Crippen molar-refractivity contribution in [1.82, 2.24) is 0 Å². The number of benzene rings is 2. The van der Waals surface area contributed by atoms with Crippen LogP contribution in [0.25, 0.3) is 10.8 Å². The van der Waals surface area contributed by atoms with E-state index in [4.69, 9.17) is 5.73 Å². The molecule has 0 heterocycles. The predicted molar refractivity (Wildman–Crippen MR) is 70.2 cm³/mol. The van der Waals surface area contributed by atoms with Gasteiger partial charge in [-0.1, -0.05) is 24.3 Å². The molecular formula is C15H17NO. The maximum absolute atomic E-state index is 10.2. The molecule has 2 aromatic carbocycles. The summed E-state index contributed by atoms with van der Waals surface area (Å²) in [6.07, 6.45) is 2.16. The van der Waals surface area contributed by atoms with Crippen molar-refractivity contribution in [3.63, 3.8) is 0 Å². The van der Waals surface area contributed by atoms with Gasteiger partial charge in [-0.05, 0) is 42.7 Å². The van der Waals surface area contributed by atoms with Crippen molar-refractivity contribution in [3.05, 3.63) is 42.0 Å². The first-order chi connectivity index (χ1) is 8.13. The number of hydrogen-bond donors (Lipinski definition) is 2. The third-order valence-electron chi connectivity index (χ3n) is 4.06. The molecule has 3 N–H and O–H groups in total. The molecule has 0 amide bonds. The van der Waals surface area contributed by atoms with E-state index in [-0.39, 0.29) is 11.5 Å². The Labute approximate surface area is 101 Å². The molecule has 0 spiro atoms. The van der Waals surface area contributed by atoms with Crippen molar-refractivity contribution in [2.75, 3.05) is 0 Å². The highest BCUT2D eigenvalue weighted by Gasteiger charge is 2.48. The van der Waals surface area contributed by atoms with E-state index in [1.807, 2.05) is 31.2 Å². The average Bonchev–Trinajstić information content (AvgIpc) is 3.09. The Bertz CT molecular complexity index is 570. The number of phenols is 1. The topological polar surface area (TPSA) is 46.2 Å². The van der Waals surface area contributed by atoms with Crippen molar-refractivity contribution in [2.45, 2.75) is 31.2 Å². The van der Waals surface area contributed by atoms with E-state index in [9.17, 15) is 5.11 Å². The van der Waals surface area contributed by atoms with Gasteiger partial charge in [-0.25, -0.2) is 0 Å². The summed E-state index contributed by atoms with van der Waals surface area (Å²) in [6, 6.07) is 12.2. The van der Waals surface area contributed by atoms with Gasteiger partial charge in [0.2, 0.25) is 0 Å². The summed E-state index contributed by atoms with van der Waals surface area (Å²) >= 11 is 0. The van der Waals surface area contributed by atoms with Crippen LogP contribution >= 0.6 is 0 Å². The van der Waals surface area contributed by atoms with E-state index in [1.165, 1.54) is 5.39 Å². The summed E-state index contributed by atoms with van der Waals surface area (Å²) in [6.45, 7) is 2.03. The molecule has 1 atom stereocenters. The van der Waals surface area contributed by atoms with Crippen molar-refractivity contribution < 1.29 is 5.11 Å². The average molecular weight is 227 g/mol. The van der Waals surface area contributed by atoms with Crippen LogP contribution in [0.3, 0.4) is 0 Å². The maximum Gasteiger partial charge on any atom is 0.120 e. The number of phenolic OH excluding ortho intramolecular Hbond substituents is 1. The molecule has 0 bridgehead atoms. The van der Waals surface area contributed by atoms with Crippen molar-refractivity contribution in [2.24, 2.45) is 5.73 Å². The first-order valence-corrected chi connectivity index (χ1v) is 6.11. The van der Waals surface area contributed by atoms with Crippen LogP contribution in [0, 0.1) is 0 Å². The highest BCUT2D eigenvalue weighted by molar-refractivity contribution is 5.85. The third-order valence-corrected chi connectivity index (χ3v) is 4.06. The van der Waals surface area contributed by atoms with Gasteiger partial charge in [-0.15, -0.1) is 0 Å². The molecule has 17 heavy (non-hydrogen) atoms. The Morgan fingerprint density at radius 2 is 1.76 bits per heavy atom. The van der Waals surface area contributed by atoms with Crippen molar-refractivity contribution >= 4 is 10.8 Å². The molecule has 0 aromatic heterocycles. The minimum absolute atomic E-state index is 0.00805. The minimum atomic E-state index is 0.00805. The summed E-state index contributed by atoms with van der Waals surface area (Å²) in [7, 11) is 0. The van der Waals surface area contributed by atoms with Crippen molar-refractivity contribution in [3.8, 4) is 5.75 Å². The molecule has 0 radical (unpaired) electrons. The van der Waals surface area contributed by atoms with Gasteiger partial charge in [0.25, 0.3) is 0 Å². The molecule has 1 fully saturated rings. The quantitative estimate of drug-likeness (QED) is 0.828. The van der Waals surface area contributed by atoms with E-state index in [0.717, 1.165) is 23.8 Å². The van der Waals surface area contributed by atoms with E-state index < -0.39 is 0 Å². The fraction of sp³-hybridized carbons (Fsp3) is 0.333. The molecule has 2 nitrogen and oxygen atoms in total. The zero-order valence-electron chi connectivity index (χ0n) is 9.98. The SMILES string of the molecule is CC(N)C1(c2cc3ccccc3cc2O)CC1. The number of aromatic hydroxyl groups is 1. The van der Waals surface area contributed by atoms with Crippen LogP contribution < -0.4 is 5.73 Å². The first kappa shape index (κ1) is 10.6. The largest absolute Gasteiger partial charge is 0.508 e. The van der Waals surface area contributed by atoms with Gasteiger partial charge in [-0.3, -0.25) is 0 Å². The molecule has 0 aliphatic heterocycles. The number of nitrogens with two attached hydrogens (primary N) is 1. The molecular weight excluding hydrogens is 210 g/mol. The van der Waals surface area contributed by atoms with Crippen LogP contribution in [-0.2, 0) is 5.41 Å². The third kappa shape index (κ3) is 1.52. The first-order valence-electron chi connectivity index (χ1n) is 6.11. The Morgan fingerprint density at radius 3 is 2.29 bits per heavy atom. The van der Waals surface area contributed by atoms with Crippen LogP contribution in [-0.4, -0.2) is 11.1 Å². The van der Waals surface area contributed by atoms with Crippen LogP contribution in [0.1, 0.15) is 25.3 Å². The second-order valence-corrected chi connectivity index (χ2v) is 5.16. The number of hydrogen-bond acceptors (Lipinski definition) is 2. The lowest BCUT2D eigenvalue weighted by Crippen LogP contribution is -2.31. The second kappa shape index (κ2) is 3.47. The van der Waals surface area contributed by atoms with Gasteiger partial charge >= 0.3 is 0 Å². The normalized spacial score (nSPS) is 19.2. The zero-order valence-corrected chi connectivity index (χ0v) is 9.98. The molecule has 2 aromatic rings. The lowest BCUT2D eigenvalue weighted by Gasteiger charge is -2.21. The summed E-state index contributed by atoms with van der Waals surface area (Å²) in [4.78, 5) is 0. The fourth-order valence-electron chi connectivity index (χ4n) is 2.73. The number of rotatable bonds is 2. The Hall–Kier alpha value is -1.54. The Balaban J connectivity index is 2.20. The van der Waals surface area contributed by atoms with E-state index in [2.05, 4.69) is 12.1 Å². The van der Waals surface area contributed by atoms with Gasteiger partial charge in [0.05, 0.1) is 0 Å². The molecule has 1 saturated carbocycles. The lowest BCUT2D eigenvalue weighted by molar-refractivity contribution is 0.447. The summed E-state index contributed by atoms with van der Waals surface area (Å²) in [5, 5.41) is 12.4. The molecule has 0 saturated heterocycles. The van der Waals surface area contributed by atoms with E-state index in [0.29, 0.717) is 5.75 Å². The van der Waals surface area contributed by atoms with Crippen molar-refractivity contribution in [1.29, 1.82) is 0 Å². The maximum atomic E-state index is 10.2. The fourth-order valence-corrected chi connectivity index (χ4v) is 2.73. The van der Waals surface area contributed by atoms with Gasteiger partial charge in [0.15, 0.2) is 0 Å². The molecule has 3 rings (SSSR count). The van der Waals surface area contributed by atoms with Crippen LogP contribution in [0.4, 0.5) is 0 Å². The van der Waals surface area contributed by atoms with Gasteiger partial charge in [-0.2, -0.15) is 0 Å². The minimum Gasteiger partial charge on any atom is -0.508 e. The Morgan fingerprint density at radius 1 is 1.18 bits per heavy atom. The Kier molecular flexibility index (Phi) is 2.17. The molecule has 88 valence electrons. The highest BCUT2D eigenvalue weighted by atomic mass is 16.3. The summed E-state index contributed by atoms with van der Waals surface area (Å²) < 4.78 is 0. The monoisotopic (exact) mass is 227 g/mol. The van der Waals surface area contributed by atoms with E-state index >= 15 is 0 Å². The smallest absolute Gasteiger partial charge is 0.120 e. The van der Waals surface area contributed by atoms with Gasteiger partial charge < -0.3 is 10.8 Å². The van der Waals surface area contributed by atoms with Crippen LogP contribution in [0.15, 0.2) is 36.4 Å². The molecule has 1 aliphatic carbocycles. The van der Waals surface area contributed by atoms with Crippen LogP contribution in [0.2, 0.25) is 0 Å². The molecule has 1 unspecified atom stereocenters.